The van der Waals surface area contributed by atoms with Gasteiger partial charge in [0.2, 0.25) is 10.0 Å². The molecule has 0 atom stereocenters. The molecule has 0 amide bonds. The number of hydrogen-bond donors (Lipinski definition) is 2. The van der Waals surface area contributed by atoms with E-state index in [4.69, 9.17) is 5.73 Å². The Morgan fingerprint density at radius 3 is 2.65 bits per heavy atom. The summed E-state index contributed by atoms with van der Waals surface area (Å²) in [5, 5.41) is 0. The largest absolute Gasteiger partial charge is 0.326 e. The van der Waals surface area contributed by atoms with Crippen molar-refractivity contribution in [3.05, 3.63) is 29.1 Å². The van der Waals surface area contributed by atoms with Gasteiger partial charge in [0.05, 0.1) is 4.90 Å². The third-order valence-corrected chi connectivity index (χ3v) is 5.34. The molecule has 1 aromatic carbocycles. The number of aryl methyl sites for hydroxylation is 1. The van der Waals surface area contributed by atoms with E-state index in [0.29, 0.717) is 18.0 Å². The van der Waals surface area contributed by atoms with Crippen molar-refractivity contribution in [1.82, 2.24) is 4.72 Å². The maximum Gasteiger partial charge on any atom is 0.240 e. The van der Waals surface area contributed by atoms with E-state index in [1.807, 2.05) is 0 Å². The molecule has 0 aromatic heterocycles. The number of sulfonamides is 1. The first-order chi connectivity index (χ1) is 9.44. The van der Waals surface area contributed by atoms with Gasteiger partial charge in [-0.2, -0.15) is 0 Å². The van der Waals surface area contributed by atoms with Gasteiger partial charge in [0, 0.05) is 18.7 Å². The maximum absolute atomic E-state index is 13.7. The molecule has 1 aliphatic rings. The van der Waals surface area contributed by atoms with Crippen molar-refractivity contribution in [3.8, 4) is 0 Å². The van der Waals surface area contributed by atoms with Crippen molar-refractivity contribution in [2.75, 3.05) is 6.54 Å². The number of nitrogens with one attached hydrogen (secondary N) is 1. The fraction of sp³-hybridized carbons (Fsp3) is 0.571. The average molecular weight is 300 g/mol. The van der Waals surface area contributed by atoms with Crippen LogP contribution in [-0.4, -0.2) is 15.0 Å². The Morgan fingerprint density at radius 2 is 2.10 bits per heavy atom. The summed E-state index contributed by atoms with van der Waals surface area (Å²) in [6.45, 7) is 1.96. The third-order valence-electron chi connectivity index (χ3n) is 3.90. The second-order valence-electron chi connectivity index (χ2n) is 5.40. The van der Waals surface area contributed by atoms with Gasteiger partial charge in [-0.3, -0.25) is 0 Å². The quantitative estimate of drug-likeness (QED) is 0.844. The van der Waals surface area contributed by atoms with Gasteiger partial charge >= 0.3 is 0 Å². The zero-order valence-electron chi connectivity index (χ0n) is 11.7. The molecule has 4 nitrogen and oxygen atoms in total. The zero-order valence-corrected chi connectivity index (χ0v) is 12.5. The maximum atomic E-state index is 13.7. The number of rotatable bonds is 6. The molecule has 1 aromatic rings. The summed E-state index contributed by atoms with van der Waals surface area (Å²) in [5.74, 6) is 0.216. The van der Waals surface area contributed by atoms with E-state index in [2.05, 4.69) is 4.72 Å². The Labute approximate surface area is 119 Å². The highest BCUT2D eigenvalue weighted by Crippen LogP contribution is 2.29. The summed E-state index contributed by atoms with van der Waals surface area (Å²) in [7, 11) is -3.58. The molecule has 2 rings (SSSR count). The van der Waals surface area contributed by atoms with E-state index in [0.717, 1.165) is 6.42 Å². The molecular weight excluding hydrogens is 279 g/mol. The average Bonchev–Trinajstić information content (AvgIpc) is 2.35. The van der Waals surface area contributed by atoms with Gasteiger partial charge in [-0.1, -0.05) is 19.3 Å². The third kappa shape index (κ3) is 3.37. The molecule has 0 aliphatic heterocycles. The Kier molecular flexibility index (Phi) is 4.78. The van der Waals surface area contributed by atoms with Crippen LogP contribution in [0.4, 0.5) is 4.39 Å². The molecule has 3 N–H and O–H groups in total. The lowest BCUT2D eigenvalue weighted by Gasteiger charge is -2.25. The van der Waals surface area contributed by atoms with Crippen LogP contribution in [0.15, 0.2) is 17.0 Å². The van der Waals surface area contributed by atoms with E-state index in [1.54, 1.807) is 6.92 Å². The summed E-state index contributed by atoms with van der Waals surface area (Å²) in [6.07, 6.45) is 4.49. The lowest BCUT2D eigenvalue weighted by molar-refractivity contribution is 0.297. The molecule has 20 heavy (non-hydrogen) atoms. The Hall–Kier alpha value is -0.980. The number of benzene rings is 1. The standard InChI is InChI=1S/C14H21FN2O2S/c1-10-7-13(8-12(9-16)14(10)15)20(18,19)17-6-5-11-3-2-4-11/h7-8,11,17H,2-6,9,16H2,1H3. The van der Waals surface area contributed by atoms with Crippen LogP contribution >= 0.6 is 0 Å². The molecule has 1 fully saturated rings. The molecular formula is C14H21FN2O2S. The topological polar surface area (TPSA) is 72.2 Å². The Bertz CT molecular complexity index is 583. The summed E-state index contributed by atoms with van der Waals surface area (Å²) < 4.78 is 40.6. The number of hydrogen-bond acceptors (Lipinski definition) is 3. The van der Waals surface area contributed by atoms with Gasteiger partial charge in [0.15, 0.2) is 0 Å². The lowest BCUT2D eigenvalue weighted by Crippen LogP contribution is -2.28. The lowest BCUT2D eigenvalue weighted by atomic mass is 9.83. The first-order valence-electron chi connectivity index (χ1n) is 6.93. The predicted octanol–water partition coefficient (Wildman–Crippen LogP) is 2.06. The summed E-state index contributed by atoms with van der Waals surface area (Å²) >= 11 is 0. The molecule has 6 heteroatoms. The van der Waals surface area contributed by atoms with Crippen LogP contribution in [0.5, 0.6) is 0 Å². The van der Waals surface area contributed by atoms with Crippen LogP contribution < -0.4 is 10.5 Å². The van der Waals surface area contributed by atoms with Crippen LogP contribution in [0.1, 0.15) is 36.8 Å². The van der Waals surface area contributed by atoms with Gasteiger partial charge in [0.1, 0.15) is 5.82 Å². The van der Waals surface area contributed by atoms with Crippen molar-refractivity contribution in [3.63, 3.8) is 0 Å². The molecule has 112 valence electrons. The van der Waals surface area contributed by atoms with Gasteiger partial charge < -0.3 is 5.73 Å². The Balaban J connectivity index is 2.09. The van der Waals surface area contributed by atoms with Crippen LogP contribution in [0, 0.1) is 18.7 Å². The summed E-state index contributed by atoms with van der Waals surface area (Å²) in [6, 6.07) is 2.66. The minimum Gasteiger partial charge on any atom is -0.326 e. The second-order valence-corrected chi connectivity index (χ2v) is 7.17. The van der Waals surface area contributed by atoms with Crippen molar-refractivity contribution in [2.24, 2.45) is 11.7 Å². The molecule has 0 unspecified atom stereocenters. The summed E-state index contributed by atoms with van der Waals surface area (Å²) in [4.78, 5) is 0.0884. The van der Waals surface area contributed by atoms with E-state index in [9.17, 15) is 12.8 Å². The van der Waals surface area contributed by atoms with E-state index in [1.165, 1.54) is 31.4 Å². The molecule has 1 saturated carbocycles. The first kappa shape index (κ1) is 15.4. The molecule has 0 spiro atoms. The van der Waals surface area contributed by atoms with E-state index in [-0.39, 0.29) is 17.0 Å². The van der Waals surface area contributed by atoms with Crippen LogP contribution in [0.25, 0.3) is 0 Å². The zero-order chi connectivity index (χ0) is 14.8. The normalized spacial score (nSPS) is 16.1. The van der Waals surface area contributed by atoms with Gasteiger partial charge in [-0.15, -0.1) is 0 Å². The Morgan fingerprint density at radius 1 is 1.40 bits per heavy atom. The minimum absolute atomic E-state index is 0.0158. The highest BCUT2D eigenvalue weighted by atomic mass is 32.2. The smallest absolute Gasteiger partial charge is 0.240 e. The van der Waals surface area contributed by atoms with Crippen LogP contribution in [0.2, 0.25) is 0 Å². The van der Waals surface area contributed by atoms with Crippen LogP contribution in [-0.2, 0) is 16.6 Å². The monoisotopic (exact) mass is 300 g/mol. The van der Waals surface area contributed by atoms with Gasteiger partial charge in [-0.25, -0.2) is 17.5 Å². The number of nitrogens with two attached hydrogens (primary N) is 1. The van der Waals surface area contributed by atoms with Crippen molar-refractivity contribution >= 4 is 10.0 Å². The van der Waals surface area contributed by atoms with Crippen molar-refractivity contribution < 1.29 is 12.8 Å². The highest BCUT2D eigenvalue weighted by molar-refractivity contribution is 7.89. The minimum atomic E-state index is -3.58. The SMILES string of the molecule is Cc1cc(S(=O)(=O)NCCC2CCC2)cc(CN)c1F. The van der Waals surface area contributed by atoms with Crippen molar-refractivity contribution in [1.29, 1.82) is 0 Å². The number of halogens is 1. The van der Waals surface area contributed by atoms with Crippen molar-refractivity contribution in [2.45, 2.75) is 44.0 Å². The molecule has 0 heterocycles. The molecule has 1 aliphatic carbocycles. The fourth-order valence-corrected chi connectivity index (χ4v) is 3.56. The van der Waals surface area contributed by atoms with E-state index < -0.39 is 15.8 Å². The summed E-state index contributed by atoms with van der Waals surface area (Å²) in [5.41, 5.74) is 5.97. The van der Waals surface area contributed by atoms with Gasteiger partial charge in [0.25, 0.3) is 0 Å². The van der Waals surface area contributed by atoms with E-state index >= 15 is 0 Å². The first-order valence-corrected chi connectivity index (χ1v) is 8.41. The fourth-order valence-electron chi connectivity index (χ4n) is 2.37. The van der Waals surface area contributed by atoms with Gasteiger partial charge in [-0.05, 0) is 37.0 Å². The molecule has 0 radical (unpaired) electrons. The molecule has 0 bridgehead atoms. The molecule has 0 saturated heterocycles. The highest BCUT2D eigenvalue weighted by Gasteiger charge is 2.20. The van der Waals surface area contributed by atoms with Crippen LogP contribution in [0.3, 0.4) is 0 Å². The second kappa shape index (κ2) is 6.20. The predicted molar refractivity (Wildman–Crippen MR) is 76.2 cm³/mol.